The molecule has 1 N–H and O–H groups in total. The number of hydrogen-bond acceptors (Lipinski definition) is 7. The number of halogens is 4. The largest absolute Gasteiger partial charge is 0.433 e. The van der Waals surface area contributed by atoms with Gasteiger partial charge in [-0.1, -0.05) is 13.8 Å². The lowest BCUT2D eigenvalue weighted by atomic mass is 9.99. The molecule has 5 heterocycles. The number of hydrogen-bond donors (Lipinski definition) is 1. The van der Waals surface area contributed by atoms with Crippen LogP contribution < -0.4 is 5.32 Å². The average molecular weight is 590 g/mol. The number of thiophene rings is 1. The maximum Gasteiger partial charge on any atom is 0.433 e. The molecule has 13 heteroatoms. The second-order valence-electron chi connectivity index (χ2n) is 11.5. The number of likely N-dealkylation sites (N-methyl/N-ethyl adjacent to an activating group) is 1. The minimum absolute atomic E-state index is 0.00447. The fourth-order valence-corrected chi connectivity index (χ4v) is 7.36. The van der Waals surface area contributed by atoms with Crippen LogP contribution in [0, 0.1) is 30.0 Å². The van der Waals surface area contributed by atoms with Gasteiger partial charge in [-0.05, 0) is 43.5 Å². The SMILES string of the molecule is CNC1CCN(C(=O)c2c(C)cc(C(F)(F)F)nc2-c2ccnc3c(F)c(CN4C(=O)C5C(C4=O)C5(C)C)sc23)C1. The first kappa shape index (κ1) is 27.7. The molecule has 3 aliphatic rings. The maximum atomic E-state index is 15.6. The molecule has 2 saturated heterocycles. The molecule has 3 aromatic heterocycles. The van der Waals surface area contributed by atoms with E-state index >= 15 is 4.39 Å². The van der Waals surface area contributed by atoms with Gasteiger partial charge in [0.1, 0.15) is 11.2 Å². The molecule has 3 atom stereocenters. The summed E-state index contributed by atoms with van der Waals surface area (Å²) in [5, 5.41) is 3.11. The molecule has 0 aromatic carbocycles. The summed E-state index contributed by atoms with van der Waals surface area (Å²) in [6, 6.07) is 2.31. The second-order valence-corrected chi connectivity index (χ2v) is 12.6. The Hall–Kier alpha value is -3.45. The fraction of sp³-hybridized carbons (Fsp3) is 0.464. The van der Waals surface area contributed by atoms with Crippen molar-refractivity contribution in [3.05, 3.63) is 45.8 Å². The third kappa shape index (κ3) is 4.23. The Balaban J connectivity index is 1.45. The van der Waals surface area contributed by atoms with Crippen molar-refractivity contribution in [1.82, 2.24) is 25.1 Å². The van der Waals surface area contributed by atoms with E-state index in [1.54, 1.807) is 11.9 Å². The minimum atomic E-state index is -4.78. The Kier molecular flexibility index (Phi) is 6.27. The second kappa shape index (κ2) is 9.28. The number of nitrogens with one attached hydrogen (secondary N) is 1. The molecular formula is C28H27F4N5O3S. The van der Waals surface area contributed by atoms with E-state index in [0.29, 0.717) is 19.5 Å². The molecular weight excluding hydrogens is 562 g/mol. The summed E-state index contributed by atoms with van der Waals surface area (Å²) in [5.74, 6) is -2.80. The van der Waals surface area contributed by atoms with Crippen molar-refractivity contribution in [3.8, 4) is 11.3 Å². The number of aromatic nitrogens is 2. The van der Waals surface area contributed by atoms with Gasteiger partial charge in [0, 0.05) is 30.9 Å². The number of aryl methyl sites for hydroxylation is 1. The predicted molar refractivity (Wildman–Crippen MR) is 142 cm³/mol. The number of amides is 3. The van der Waals surface area contributed by atoms with Crippen LogP contribution in [0.1, 0.15) is 46.8 Å². The van der Waals surface area contributed by atoms with Crippen molar-refractivity contribution in [2.45, 2.75) is 46.0 Å². The first-order valence-electron chi connectivity index (χ1n) is 13.2. The van der Waals surface area contributed by atoms with Crippen molar-refractivity contribution in [2.24, 2.45) is 17.3 Å². The van der Waals surface area contributed by atoms with E-state index in [1.165, 1.54) is 19.2 Å². The van der Waals surface area contributed by atoms with Crippen LogP contribution >= 0.6 is 11.3 Å². The Labute approximate surface area is 236 Å². The van der Waals surface area contributed by atoms with E-state index in [9.17, 15) is 27.6 Å². The molecule has 6 rings (SSSR count). The van der Waals surface area contributed by atoms with Crippen LogP contribution in [0.25, 0.3) is 21.5 Å². The number of imide groups is 1. The number of carbonyl (C=O) groups is 3. The van der Waals surface area contributed by atoms with Crippen LogP contribution in [0.5, 0.6) is 0 Å². The molecule has 216 valence electrons. The van der Waals surface area contributed by atoms with Crippen molar-refractivity contribution in [1.29, 1.82) is 0 Å². The van der Waals surface area contributed by atoms with E-state index in [4.69, 9.17) is 0 Å². The fourth-order valence-electron chi connectivity index (χ4n) is 6.22. The smallest absolute Gasteiger partial charge is 0.337 e. The summed E-state index contributed by atoms with van der Waals surface area (Å²) in [5.41, 5.74) is -1.72. The van der Waals surface area contributed by atoms with Crippen LogP contribution in [0.4, 0.5) is 17.6 Å². The summed E-state index contributed by atoms with van der Waals surface area (Å²) in [6.07, 6.45) is -2.84. The summed E-state index contributed by atoms with van der Waals surface area (Å²) in [4.78, 5) is 50.1. The zero-order chi connectivity index (χ0) is 29.6. The quantitative estimate of drug-likeness (QED) is 0.350. The van der Waals surface area contributed by atoms with Crippen LogP contribution in [-0.2, 0) is 22.3 Å². The van der Waals surface area contributed by atoms with E-state index in [0.717, 1.165) is 22.3 Å². The number of likely N-dealkylation sites (tertiary alicyclic amines) is 2. The molecule has 3 unspecified atom stereocenters. The Morgan fingerprint density at radius 3 is 2.51 bits per heavy atom. The van der Waals surface area contributed by atoms with E-state index in [1.807, 2.05) is 13.8 Å². The number of alkyl halides is 3. The van der Waals surface area contributed by atoms with Gasteiger partial charge in [-0.2, -0.15) is 13.2 Å². The summed E-state index contributed by atoms with van der Waals surface area (Å²) in [7, 11) is 1.78. The van der Waals surface area contributed by atoms with Gasteiger partial charge in [-0.15, -0.1) is 11.3 Å². The van der Waals surface area contributed by atoms with Crippen molar-refractivity contribution in [2.75, 3.05) is 20.1 Å². The third-order valence-electron chi connectivity index (χ3n) is 8.64. The molecule has 41 heavy (non-hydrogen) atoms. The average Bonchev–Trinajstić information content (AvgIpc) is 3.26. The van der Waals surface area contributed by atoms with Gasteiger partial charge in [0.15, 0.2) is 5.82 Å². The molecule has 1 aliphatic carbocycles. The first-order chi connectivity index (χ1) is 19.3. The van der Waals surface area contributed by atoms with Gasteiger partial charge < -0.3 is 10.2 Å². The van der Waals surface area contributed by atoms with Crippen molar-refractivity contribution in [3.63, 3.8) is 0 Å². The number of fused-ring (bicyclic) bond motifs is 2. The zero-order valence-corrected chi connectivity index (χ0v) is 23.5. The molecule has 0 radical (unpaired) electrons. The van der Waals surface area contributed by atoms with Crippen LogP contribution in [0.3, 0.4) is 0 Å². The van der Waals surface area contributed by atoms with Crippen molar-refractivity contribution >= 4 is 39.3 Å². The number of carbonyl (C=O) groups excluding carboxylic acids is 3. The summed E-state index contributed by atoms with van der Waals surface area (Å²) >= 11 is 0.888. The normalized spacial score (nSPS) is 23.6. The Morgan fingerprint density at radius 1 is 1.22 bits per heavy atom. The monoisotopic (exact) mass is 589 g/mol. The molecule has 1 saturated carbocycles. The highest BCUT2D eigenvalue weighted by molar-refractivity contribution is 7.19. The highest BCUT2D eigenvalue weighted by Crippen LogP contribution is 2.63. The Morgan fingerprint density at radius 2 is 1.90 bits per heavy atom. The highest BCUT2D eigenvalue weighted by atomic mass is 32.1. The topological polar surface area (TPSA) is 95.5 Å². The van der Waals surface area contributed by atoms with E-state index < -0.39 is 40.8 Å². The molecule has 0 bridgehead atoms. The van der Waals surface area contributed by atoms with Gasteiger partial charge in [-0.3, -0.25) is 24.3 Å². The third-order valence-corrected chi connectivity index (χ3v) is 9.81. The molecule has 3 aromatic rings. The number of rotatable bonds is 5. The number of pyridine rings is 2. The molecule has 8 nitrogen and oxygen atoms in total. The predicted octanol–water partition coefficient (Wildman–Crippen LogP) is 4.40. The standard InChI is InChI=1S/C28H27F4N5O3S/c1-12-9-16(28(30,31)32)35-21(17(12)24(38)36-8-6-13(10-36)33-4)14-5-7-34-22-20(29)15(41-23(14)22)11-37-25(39)18-19(26(37)40)27(18,2)3/h5,7,9,13,18-19,33H,6,8,10-11H2,1-4H3. The molecule has 3 fully saturated rings. The Bertz CT molecular complexity index is 1610. The van der Waals surface area contributed by atoms with Crippen molar-refractivity contribution < 1.29 is 31.9 Å². The minimum Gasteiger partial charge on any atom is -0.337 e. The van der Waals surface area contributed by atoms with Gasteiger partial charge in [-0.25, -0.2) is 9.37 Å². The van der Waals surface area contributed by atoms with Crippen LogP contribution in [0.2, 0.25) is 0 Å². The summed E-state index contributed by atoms with van der Waals surface area (Å²) < 4.78 is 57.4. The van der Waals surface area contributed by atoms with E-state index in [2.05, 4.69) is 15.3 Å². The molecule has 2 aliphatic heterocycles. The lowest BCUT2D eigenvalue weighted by Gasteiger charge is -2.21. The van der Waals surface area contributed by atoms with Gasteiger partial charge in [0.05, 0.1) is 39.2 Å². The number of piperidine rings is 1. The van der Waals surface area contributed by atoms with Gasteiger partial charge in [0.2, 0.25) is 11.8 Å². The lowest BCUT2D eigenvalue weighted by Crippen LogP contribution is -2.35. The molecule has 0 spiro atoms. The zero-order valence-electron chi connectivity index (χ0n) is 22.7. The van der Waals surface area contributed by atoms with Crippen LogP contribution in [-0.4, -0.2) is 63.7 Å². The van der Waals surface area contributed by atoms with E-state index in [-0.39, 0.29) is 61.9 Å². The van der Waals surface area contributed by atoms with Crippen LogP contribution in [0.15, 0.2) is 18.3 Å². The maximum absolute atomic E-state index is 15.6. The number of nitrogens with zero attached hydrogens (tertiary/aromatic N) is 4. The first-order valence-corrected chi connectivity index (χ1v) is 14.0. The lowest BCUT2D eigenvalue weighted by molar-refractivity contribution is -0.144. The highest BCUT2D eigenvalue weighted by Gasteiger charge is 2.72. The molecule has 3 amide bonds. The summed E-state index contributed by atoms with van der Waals surface area (Å²) in [6.45, 7) is 5.62. The van der Waals surface area contributed by atoms with Gasteiger partial charge in [0.25, 0.3) is 5.91 Å². The van der Waals surface area contributed by atoms with Gasteiger partial charge >= 0.3 is 6.18 Å².